The van der Waals surface area contributed by atoms with E-state index in [1.807, 2.05) is 30.3 Å². The Hall–Kier alpha value is -3.32. The van der Waals surface area contributed by atoms with Gasteiger partial charge in [-0.3, -0.25) is 4.79 Å². The molecular formula is C21H16FN3O2S. The second-order valence-corrected chi connectivity index (χ2v) is 6.94. The van der Waals surface area contributed by atoms with Crippen molar-refractivity contribution >= 4 is 34.4 Å². The molecule has 4 aromatic rings. The highest BCUT2D eigenvalue weighted by Crippen LogP contribution is 2.23. The molecule has 0 unspecified atom stereocenters. The van der Waals surface area contributed by atoms with Gasteiger partial charge >= 0.3 is 0 Å². The lowest BCUT2D eigenvalue weighted by atomic mass is 10.3. The van der Waals surface area contributed by atoms with Gasteiger partial charge in [0.25, 0.3) is 0 Å². The maximum Gasteiger partial charge on any atom is 0.234 e. The number of carbonyl (C=O) groups is 1. The number of aromatic amines is 1. The maximum atomic E-state index is 13.2. The van der Waals surface area contributed by atoms with Crippen LogP contribution < -0.4 is 10.1 Å². The monoisotopic (exact) mass is 393 g/mol. The number of anilines is 1. The standard InChI is InChI=1S/C21H16FN3O2S/c22-14-6-11-18-19(12-14)25-21(24-18)28-13-20(26)23-15-7-9-17(10-8-15)27-16-4-2-1-3-5-16/h1-12H,13H2,(H,23,26)(H,24,25). The lowest BCUT2D eigenvalue weighted by Gasteiger charge is -2.07. The van der Waals surface area contributed by atoms with Gasteiger partial charge in [-0.1, -0.05) is 30.0 Å². The molecule has 140 valence electrons. The highest BCUT2D eigenvalue weighted by Gasteiger charge is 2.08. The number of nitrogens with one attached hydrogen (secondary N) is 2. The largest absolute Gasteiger partial charge is 0.457 e. The van der Waals surface area contributed by atoms with Crippen LogP contribution in [0.2, 0.25) is 0 Å². The normalized spacial score (nSPS) is 10.8. The molecule has 1 heterocycles. The zero-order valence-electron chi connectivity index (χ0n) is 14.7. The summed E-state index contributed by atoms with van der Waals surface area (Å²) in [6, 6.07) is 21.0. The molecule has 1 amide bonds. The summed E-state index contributed by atoms with van der Waals surface area (Å²) in [5, 5.41) is 3.40. The highest BCUT2D eigenvalue weighted by atomic mass is 32.2. The van der Waals surface area contributed by atoms with Crippen LogP contribution >= 0.6 is 11.8 Å². The average molecular weight is 393 g/mol. The molecule has 5 nitrogen and oxygen atoms in total. The summed E-state index contributed by atoms with van der Waals surface area (Å²) in [5.41, 5.74) is 1.95. The van der Waals surface area contributed by atoms with Gasteiger partial charge in [0.2, 0.25) is 5.91 Å². The van der Waals surface area contributed by atoms with E-state index in [2.05, 4.69) is 15.3 Å². The number of H-pyrrole nitrogens is 1. The van der Waals surface area contributed by atoms with Gasteiger partial charge in [-0.25, -0.2) is 9.37 Å². The number of halogens is 1. The van der Waals surface area contributed by atoms with Crippen molar-refractivity contribution in [3.8, 4) is 11.5 Å². The number of benzene rings is 3. The molecule has 28 heavy (non-hydrogen) atoms. The topological polar surface area (TPSA) is 67.0 Å². The number of thioether (sulfide) groups is 1. The lowest BCUT2D eigenvalue weighted by molar-refractivity contribution is -0.113. The van der Waals surface area contributed by atoms with Gasteiger partial charge in [0.15, 0.2) is 5.16 Å². The Morgan fingerprint density at radius 3 is 2.57 bits per heavy atom. The number of aromatic nitrogens is 2. The molecule has 0 saturated carbocycles. The number of amides is 1. The number of hydrogen-bond acceptors (Lipinski definition) is 4. The lowest BCUT2D eigenvalue weighted by Crippen LogP contribution is -2.13. The number of fused-ring (bicyclic) bond motifs is 1. The van der Waals surface area contributed by atoms with Crippen molar-refractivity contribution in [1.82, 2.24) is 9.97 Å². The molecule has 3 aromatic carbocycles. The molecule has 7 heteroatoms. The van der Waals surface area contributed by atoms with Crippen molar-refractivity contribution in [2.45, 2.75) is 5.16 Å². The van der Waals surface area contributed by atoms with E-state index < -0.39 is 0 Å². The zero-order valence-corrected chi connectivity index (χ0v) is 15.5. The molecule has 0 aliphatic heterocycles. The molecule has 0 spiro atoms. The van der Waals surface area contributed by atoms with E-state index in [4.69, 9.17) is 4.74 Å². The van der Waals surface area contributed by atoms with Crippen LogP contribution in [0, 0.1) is 5.82 Å². The van der Waals surface area contributed by atoms with Crippen molar-refractivity contribution in [2.75, 3.05) is 11.1 Å². The Labute approximate surface area is 164 Å². The van der Waals surface area contributed by atoms with Crippen molar-refractivity contribution in [3.63, 3.8) is 0 Å². The first-order valence-electron chi connectivity index (χ1n) is 8.57. The molecule has 0 aliphatic rings. The average Bonchev–Trinajstić information content (AvgIpc) is 3.11. The Morgan fingerprint density at radius 1 is 1.04 bits per heavy atom. The fourth-order valence-electron chi connectivity index (χ4n) is 2.59. The second-order valence-electron chi connectivity index (χ2n) is 5.98. The van der Waals surface area contributed by atoms with Crippen LogP contribution in [-0.2, 0) is 4.79 Å². The van der Waals surface area contributed by atoms with Gasteiger partial charge in [0.1, 0.15) is 17.3 Å². The first-order chi connectivity index (χ1) is 13.7. The second kappa shape index (κ2) is 8.14. The first-order valence-corrected chi connectivity index (χ1v) is 9.55. The Morgan fingerprint density at radius 2 is 1.79 bits per heavy atom. The molecule has 0 aliphatic carbocycles. The molecule has 0 saturated heterocycles. The van der Waals surface area contributed by atoms with Gasteiger partial charge in [0, 0.05) is 11.8 Å². The fourth-order valence-corrected chi connectivity index (χ4v) is 3.27. The number of imidazole rings is 1. The number of carbonyl (C=O) groups excluding carboxylic acids is 1. The van der Waals surface area contributed by atoms with Gasteiger partial charge in [-0.15, -0.1) is 0 Å². The summed E-state index contributed by atoms with van der Waals surface area (Å²) in [5.74, 6) is 1.13. The molecular weight excluding hydrogens is 377 g/mol. The third-order valence-electron chi connectivity index (χ3n) is 3.88. The SMILES string of the molecule is O=C(CSc1nc2cc(F)ccc2[nH]1)Nc1ccc(Oc2ccccc2)cc1. The number of ether oxygens (including phenoxy) is 1. The number of hydrogen-bond donors (Lipinski definition) is 2. The number of nitrogens with zero attached hydrogens (tertiary/aromatic N) is 1. The predicted octanol–water partition coefficient (Wildman–Crippen LogP) is 5.23. The third-order valence-corrected chi connectivity index (χ3v) is 4.75. The van der Waals surface area contributed by atoms with Crippen molar-refractivity contribution in [1.29, 1.82) is 0 Å². The Balaban J connectivity index is 1.31. The minimum Gasteiger partial charge on any atom is -0.457 e. The summed E-state index contributed by atoms with van der Waals surface area (Å²) >= 11 is 1.26. The molecule has 2 N–H and O–H groups in total. The number of rotatable bonds is 6. The van der Waals surface area contributed by atoms with Crippen LogP contribution in [0.4, 0.5) is 10.1 Å². The van der Waals surface area contributed by atoms with Crippen molar-refractivity contribution in [3.05, 3.63) is 78.6 Å². The van der Waals surface area contributed by atoms with Crippen LogP contribution in [0.1, 0.15) is 0 Å². The highest BCUT2D eigenvalue weighted by molar-refractivity contribution is 7.99. The predicted molar refractivity (Wildman–Crippen MR) is 108 cm³/mol. The van der Waals surface area contributed by atoms with E-state index >= 15 is 0 Å². The van der Waals surface area contributed by atoms with E-state index in [0.29, 0.717) is 22.1 Å². The minimum atomic E-state index is -0.340. The summed E-state index contributed by atoms with van der Waals surface area (Å²) < 4.78 is 18.9. The smallest absolute Gasteiger partial charge is 0.234 e. The first kappa shape index (κ1) is 18.1. The summed E-state index contributed by atoms with van der Waals surface area (Å²) in [6.45, 7) is 0. The van der Waals surface area contributed by atoms with Crippen LogP contribution in [-0.4, -0.2) is 21.6 Å². The van der Waals surface area contributed by atoms with E-state index in [1.165, 1.54) is 23.9 Å². The van der Waals surface area contributed by atoms with E-state index in [1.54, 1.807) is 30.3 Å². The quantitative estimate of drug-likeness (QED) is 0.441. The summed E-state index contributed by atoms with van der Waals surface area (Å²) in [6.07, 6.45) is 0. The fraction of sp³-hybridized carbons (Fsp3) is 0.0476. The van der Waals surface area contributed by atoms with E-state index in [9.17, 15) is 9.18 Å². The van der Waals surface area contributed by atoms with Crippen LogP contribution in [0.3, 0.4) is 0 Å². The van der Waals surface area contributed by atoms with E-state index in [0.717, 1.165) is 11.3 Å². The van der Waals surface area contributed by atoms with Crippen LogP contribution in [0.5, 0.6) is 11.5 Å². The molecule has 0 bridgehead atoms. The third kappa shape index (κ3) is 4.50. The van der Waals surface area contributed by atoms with Crippen molar-refractivity contribution < 1.29 is 13.9 Å². The van der Waals surface area contributed by atoms with Gasteiger partial charge < -0.3 is 15.0 Å². The van der Waals surface area contributed by atoms with Crippen molar-refractivity contribution in [2.24, 2.45) is 0 Å². The minimum absolute atomic E-state index is 0.159. The molecule has 4 rings (SSSR count). The summed E-state index contributed by atoms with van der Waals surface area (Å²) in [4.78, 5) is 19.5. The Kier molecular flexibility index (Phi) is 5.25. The van der Waals surface area contributed by atoms with Gasteiger partial charge in [-0.05, 0) is 48.5 Å². The van der Waals surface area contributed by atoms with Gasteiger partial charge in [0.05, 0.1) is 16.8 Å². The summed E-state index contributed by atoms with van der Waals surface area (Å²) in [7, 11) is 0. The molecule has 0 atom stereocenters. The van der Waals surface area contributed by atoms with E-state index in [-0.39, 0.29) is 17.5 Å². The molecule has 0 fully saturated rings. The maximum absolute atomic E-state index is 13.2. The van der Waals surface area contributed by atoms with Crippen LogP contribution in [0.15, 0.2) is 78.0 Å². The Bertz CT molecular complexity index is 1100. The molecule has 0 radical (unpaired) electrons. The molecule has 1 aromatic heterocycles. The van der Waals surface area contributed by atoms with Gasteiger partial charge in [-0.2, -0.15) is 0 Å². The van der Waals surface area contributed by atoms with Crippen LogP contribution in [0.25, 0.3) is 11.0 Å². The zero-order chi connectivity index (χ0) is 19.3. The number of para-hydroxylation sites is 1.